The van der Waals surface area contributed by atoms with Crippen LogP contribution >= 0.6 is 0 Å². The molecule has 0 radical (unpaired) electrons. The van der Waals surface area contributed by atoms with Crippen LogP contribution in [0, 0.1) is 11.8 Å². The highest BCUT2D eigenvalue weighted by molar-refractivity contribution is 6.61. The van der Waals surface area contributed by atoms with E-state index in [1.165, 1.54) is 0 Å². The molecule has 0 heterocycles. The van der Waals surface area contributed by atoms with Gasteiger partial charge in [-0.05, 0) is 24.9 Å². The van der Waals surface area contributed by atoms with E-state index in [0.717, 1.165) is 25.2 Å². The Morgan fingerprint density at radius 1 is 0.607 bits per heavy atom. The summed E-state index contributed by atoms with van der Waals surface area (Å²) >= 11 is 0. The lowest BCUT2D eigenvalue weighted by molar-refractivity contribution is 0.0868. The second-order valence-electron chi connectivity index (χ2n) is 7.16. The molecule has 0 aliphatic rings. The number of hydrogen-bond donors (Lipinski definition) is 2. The van der Waals surface area contributed by atoms with E-state index in [-0.39, 0.29) is 0 Å². The number of rotatable bonds is 16. The Balaban J connectivity index is 0. The Morgan fingerprint density at radius 2 is 0.893 bits per heavy atom. The van der Waals surface area contributed by atoms with Crippen LogP contribution in [0.2, 0.25) is 12.1 Å². The lowest BCUT2D eigenvalue weighted by Gasteiger charge is -2.27. The molecule has 0 aliphatic heterocycles. The first-order valence-electron chi connectivity index (χ1n) is 10.1. The van der Waals surface area contributed by atoms with Crippen molar-refractivity contribution in [2.45, 2.75) is 53.6 Å². The van der Waals surface area contributed by atoms with E-state index in [0.29, 0.717) is 25.3 Å². The first-order chi connectivity index (χ1) is 13.2. The molecule has 0 amide bonds. The van der Waals surface area contributed by atoms with Crippen molar-refractivity contribution in [1.29, 1.82) is 0 Å². The maximum atomic E-state index is 5.66. The van der Waals surface area contributed by atoms with Gasteiger partial charge in [0, 0.05) is 40.5 Å². The predicted octanol–water partition coefficient (Wildman–Crippen LogP) is 2.92. The van der Waals surface area contributed by atoms with E-state index in [4.69, 9.17) is 26.6 Å². The summed E-state index contributed by atoms with van der Waals surface area (Å²) in [6.07, 6.45) is 0. The van der Waals surface area contributed by atoms with Gasteiger partial charge >= 0.3 is 17.6 Å². The lowest BCUT2D eigenvalue weighted by Crippen LogP contribution is -2.47. The molecule has 0 saturated heterocycles. The highest BCUT2D eigenvalue weighted by Gasteiger charge is 2.40. The van der Waals surface area contributed by atoms with Crippen molar-refractivity contribution in [2.24, 2.45) is 11.8 Å². The van der Waals surface area contributed by atoms with Gasteiger partial charge in [-0.15, -0.1) is 0 Å². The Kier molecular flexibility index (Phi) is 19.4. The molecule has 0 fully saturated rings. The van der Waals surface area contributed by atoms with Crippen molar-refractivity contribution in [2.75, 3.05) is 55.0 Å². The molecule has 0 aromatic carbocycles. The third-order valence-electron chi connectivity index (χ3n) is 3.85. The second-order valence-corrected chi connectivity index (χ2v) is 12.9. The van der Waals surface area contributed by atoms with Crippen molar-refractivity contribution >= 4 is 17.6 Å². The molecule has 0 bridgehead atoms. The van der Waals surface area contributed by atoms with Gasteiger partial charge in [0.1, 0.15) is 0 Å². The van der Waals surface area contributed by atoms with Gasteiger partial charge in [-0.1, -0.05) is 41.5 Å². The molecule has 0 aliphatic carbocycles. The average molecular weight is 443 g/mol. The maximum Gasteiger partial charge on any atom is 0.501 e. The van der Waals surface area contributed by atoms with E-state index in [9.17, 15) is 0 Å². The van der Waals surface area contributed by atoms with Gasteiger partial charge < -0.3 is 26.6 Å². The molecule has 0 atom stereocenters. The van der Waals surface area contributed by atoms with Gasteiger partial charge in [0.05, 0.1) is 13.5 Å². The molecule has 172 valence electrons. The minimum Gasteiger partial charge on any atom is -0.377 e. The van der Waals surface area contributed by atoms with Crippen LogP contribution in [0.15, 0.2) is 0 Å². The molecule has 0 rings (SSSR count). The van der Waals surface area contributed by atoms with Crippen LogP contribution in [0.25, 0.3) is 0 Å². The smallest absolute Gasteiger partial charge is 0.377 e. The van der Waals surface area contributed by atoms with Gasteiger partial charge in [0.15, 0.2) is 0 Å². The zero-order chi connectivity index (χ0) is 22.1. The minimum atomic E-state index is -2.41. The maximum absolute atomic E-state index is 5.66. The summed E-state index contributed by atoms with van der Waals surface area (Å²) < 4.78 is 32.9. The summed E-state index contributed by atoms with van der Waals surface area (Å²) in [5.41, 5.74) is 0. The van der Waals surface area contributed by atoms with Crippen LogP contribution in [0.1, 0.15) is 41.5 Å². The fourth-order valence-electron chi connectivity index (χ4n) is 2.38. The molecule has 10 heteroatoms. The Bertz CT molecular complexity index is 312. The summed E-state index contributed by atoms with van der Waals surface area (Å²) in [4.78, 5) is 0. The van der Waals surface area contributed by atoms with Crippen LogP contribution in [-0.2, 0) is 26.6 Å². The quantitative estimate of drug-likeness (QED) is 0.215. The van der Waals surface area contributed by atoms with Crippen LogP contribution in [0.4, 0.5) is 0 Å². The Hall–Kier alpha value is 0.114. The fourth-order valence-corrected chi connectivity index (χ4v) is 6.73. The molecule has 0 aromatic rings. The van der Waals surface area contributed by atoms with E-state index >= 15 is 0 Å². The first kappa shape index (κ1) is 30.3. The van der Waals surface area contributed by atoms with E-state index < -0.39 is 17.6 Å². The molecular formula is C18H46N2O6Si2. The third-order valence-corrected chi connectivity index (χ3v) is 10.1. The molecular weight excluding hydrogens is 396 g/mol. The largest absolute Gasteiger partial charge is 0.501 e. The lowest BCUT2D eigenvalue weighted by atomic mass is 10.3. The molecule has 0 spiro atoms. The van der Waals surface area contributed by atoms with Crippen LogP contribution < -0.4 is 10.6 Å². The summed E-state index contributed by atoms with van der Waals surface area (Å²) in [6, 6.07) is 1.71. The SMILES string of the molecule is CCNCO[Si](CC(C)C)(OC)OC.CCNCO[Si](CC(C)C)(OC)OC. The van der Waals surface area contributed by atoms with Gasteiger partial charge in [-0.2, -0.15) is 0 Å². The third kappa shape index (κ3) is 14.2. The monoisotopic (exact) mass is 442 g/mol. The van der Waals surface area contributed by atoms with Crippen molar-refractivity contribution < 1.29 is 26.6 Å². The molecule has 0 saturated carbocycles. The van der Waals surface area contributed by atoms with Gasteiger partial charge in [0.2, 0.25) is 0 Å². The first-order valence-corrected chi connectivity index (χ1v) is 14.0. The van der Waals surface area contributed by atoms with Gasteiger partial charge in [0.25, 0.3) is 0 Å². The fraction of sp³-hybridized carbons (Fsp3) is 1.00. The second kappa shape index (κ2) is 17.9. The summed E-state index contributed by atoms with van der Waals surface area (Å²) in [7, 11) is 1.81. The van der Waals surface area contributed by atoms with Crippen molar-refractivity contribution in [3.63, 3.8) is 0 Å². The van der Waals surface area contributed by atoms with Crippen LogP contribution in [0.5, 0.6) is 0 Å². The summed E-state index contributed by atoms with van der Waals surface area (Å²) in [6.45, 7) is 15.4. The molecule has 0 unspecified atom stereocenters. The zero-order valence-electron chi connectivity index (χ0n) is 19.8. The molecule has 0 aromatic heterocycles. The van der Waals surface area contributed by atoms with Crippen molar-refractivity contribution in [3.8, 4) is 0 Å². The van der Waals surface area contributed by atoms with E-state index in [2.05, 4.69) is 38.3 Å². The molecule has 8 nitrogen and oxygen atoms in total. The van der Waals surface area contributed by atoms with E-state index in [1.54, 1.807) is 28.4 Å². The zero-order valence-corrected chi connectivity index (χ0v) is 21.8. The van der Waals surface area contributed by atoms with Crippen LogP contribution in [-0.4, -0.2) is 72.6 Å². The summed E-state index contributed by atoms with van der Waals surface area (Å²) in [5, 5.41) is 6.20. The normalized spacial score (nSPS) is 12.4. The topological polar surface area (TPSA) is 79.4 Å². The molecule has 2 N–H and O–H groups in total. The van der Waals surface area contributed by atoms with Gasteiger partial charge in [-0.25, -0.2) is 0 Å². The van der Waals surface area contributed by atoms with E-state index in [1.807, 2.05) is 13.8 Å². The standard InChI is InChI=1S/2C9H23NO3Si/c2*1-6-10-8-13-14(11-4,12-5)7-9(2)3/h2*9-10H,6-8H2,1-5H3. The molecule has 28 heavy (non-hydrogen) atoms. The highest BCUT2D eigenvalue weighted by Crippen LogP contribution is 2.19. The Labute approximate surface area is 175 Å². The number of nitrogens with one attached hydrogen (secondary N) is 2. The van der Waals surface area contributed by atoms with Gasteiger partial charge in [-0.3, -0.25) is 10.6 Å². The van der Waals surface area contributed by atoms with Crippen molar-refractivity contribution in [1.82, 2.24) is 10.6 Å². The average Bonchev–Trinajstić information content (AvgIpc) is 2.66. The number of hydrogen-bond acceptors (Lipinski definition) is 8. The Morgan fingerprint density at radius 3 is 1.07 bits per heavy atom. The highest BCUT2D eigenvalue weighted by atomic mass is 28.4. The summed E-state index contributed by atoms with van der Waals surface area (Å²) in [5.74, 6) is 1.03. The minimum absolute atomic E-state index is 0.497. The van der Waals surface area contributed by atoms with Crippen molar-refractivity contribution in [3.05, 3.63) is 0 Å². The van der Waals surface area contributed by atoms with Crippen LogP contribution in [0.3, 0.4) is 0 Å². The predicted molar refractivity (Wildman–Crippen MR) is 118 cm³/mol.